The van der Waals surface area contributed by atoms with E-state index in [9.17, 15) is 8.78 Å². The van der Waals surface area contributed by atoms with Crippen molar-refractivity contribution in [3.63, 3.8) is 0 Å². The SMILES string of the molecule is CN(C)c1cc(CC2CCCCN2)cc(F)c1F. The van der Waals surface area contributed by atoms with Crippen LogP contribution in [0.15, 0.2) is 12.1 Å². The number of piperidine rings is 1. The summed E-state index contributed by atoms with van der Waals surface area (Å²) in [6, 6.07) is 3.45. The fourth-order valence-corrected chi connectivity index (χ4v) is 2.46. The molecule has 0 aliphatic carbocycles. The Balaban J connectivity index is 2.17. The van der Waals surface area contributed by atoms with E-state index in [1.807, 2.05) is 0 Å². The van der Waals surface area contributed by atoms with Gasteiger partial charge in [-0.2, -0.15) is 0 Å². The second-order valence-corrected chi connectivity index (χ2v) is 5.16. The molecule has 1 aliphatic rings. The minimum absolute atomic E-state index is 0.320. The molecule has 2 rings (SSSR count). The summed E-state index contributed by atoms with van der Waals surface area (Å²) in [5, 5.41) is 3.42. The Labute approximate surface area is 107 Å². The molecular formula is C14H20F2N2. The van der Waals surface area contributed by atoms with Crippen LogP contribution in [0.3, 0.4) is 0 Å². The van der Waals surface area contributed by atoms with E-state index in [1.54, 1.807) is 25.1 Å². The summed E-state index contributed by atoms with van der Waals surface area (Å²) in [4.78, 5) is 1.61. The molecule has 18 heavy (non-hydrogen) atoms. The van der Waals surface area contributed by atoms with E-state index < -0.39 is 11.6 Å². The number of hydrogen-bond acceptors (Lipinski definition) is 2. The van der Waals surface area contributed by atoms with Gasteiger partial charge in [-0.25, -0.2) is 8.78 Å². The highest BCUT2D eigenvalue weighted by atomic mass is 19.2. The second kappa shape index (κ2) is 5.65. The maximum Gasteiger partial charge on any atom is 0.182 e. The van der Waals surface area contributed by atoms with Crippen molar-refractivity contribution in [2.45, 2.75) is 31.7 Å². The molecule has 1 fully saturated rings. The van der Waals surface area contributed by atoms with Crippen molar-refractivity contribution in [1.82, 2.24) is 5.32 Å². The molecule has 1 N–H and O–H groups in total. The van der Waals surface area contributed by atoms with Crippen LogP contribution in [-0.2, 0) is 6.42 Å². The maximum atomic E-state index is 13.6. The first-order valence-corrected chi connectivity index (χ1v) is 6.46. The molecule has 0 saturated carbocycles. The van der Waals surface area contributed by atoms with Crippen LogP contribution in [0, 0.1) is 11.6 Å². The first-order valence-electron chi connectivity index (χ1n) is 6.46. The molecule has 0 radical (unpaired) electrons. The van der Waals surface area contributed by atoms with Gasteiger partial charge < -0.3 is 10.2 Å². The Kier molecular flexibility index (Phi) is 4.17. The van der Waals surface area contributed by atoms with Crippen molar-refractivity contribution < 1.29 is 8.78 Å². The summed E-state index contributed by atoms with van der Waals surface area (Å²) >= 11 is 0. The van der Waals surface area contributed by atoms with Crippen LogP contribution in [-0.4, -0.2) is 26.7 Å². The topological polar surface area (TPSA) is 15.3 Å². The van der Waals surface area contributed by atoms with E-state index >= 15 is 0 Å². The summed E-state index contributed by atoms with van der Waals surface area (Å²) < 4.78 is 27.1. The third-order valence-electron chi connectivity index (χ3n) is 3.45. The van der Waals surface area contributed by atoms with Gasteiger partial charge in [0.05, 0.1) is 5.69 Å². The first kappa shape index (κ1) is 13.3. The third kappa shape index (κ3) is 2.99. The smallest absolute Gasteiger partial charge is 0.182 e. The van der Waals surface area contributed by atoms with Gasteiger partial charge in [0.15, 0.2) is 11.6 Å². The number of hydrogen-bond donors (Lipinski definition) is 1. The number of rotatable bonds is 3. The highest BCUT2D eigenvalue weighted by Crippen LogP contribution is 2.24. The van der Waals surface area contributed by atoms with E-state index in [0.717, 1.165) is 24.9 Å². The molecule has 4 heteroatoms. The number of anilines is 1. The molecule has 1 aromatic carbocycles. The van der Waals surface area contributed by atoms with Gasteiger partial charge in [-0.1, -0.05) is 6.42 Å². The van der Waals surface area contributed by atoms with Crippen LogP contribution in [0.1, 0.15) is 24.8 Å². The fourth-order valence-electron chi connectivity index (χ4n) is 2.46. The van der Waals surface area contributed by atoms with E-state index in [0.29, 0.717) is 11.7 Å². The van der Waals surface area contributed by atoms with Gasteiger partial charge in [-0.3, -0.25) is 0 Å². The van der Waals surface area contributed by atoms with E-state index in [1.165, 1.54) is 18.9 Å². The molecule has 1 aliphatic heterocycles. The zero-order valence-electron chi connectivity index (χ0n) is 11.0. The Morgan fingerprint density at radius 3 is 2.67 bits per heavy atom. The number of benzene rings is 1. The van der Waals surface area contributed by atoms with Gasteiger partial charge in [0.1, 0.15) is 0 Å². The van der Waals surface area contributed by atoms with Crippen molar-refractivity contribution in [2.24, 2.45) is 0 Å². The third-order valence-corrected chi connectivity index (χ3v) is 3.45. The molecule has 0 bridgehead atoms. The lowest BCUT2D eigenvalue weighted by Gasteiger charge is -2.24. The van der Waals surface area contributed by atoms with Crippen molar-refractivity contribution in [3.8, 4) is 0 Å². The van der Waals surface area contributed by atoms with Crippen LogP contribution in [0.2, 0.25) is 0 Å². The number of nitrogens with zero attached hydrogens (tertiary/aromatic N) is 1. The second-order valence-electron chi connectivity index (χ2n) is 5.16. The van der Waals surface area contributed by atoms with Crippen molar-refractivity contribution in [3.05, 3.63) is 29.3 Å². The minimum atomic E-state index is -0.764. The van der Waals surface area contributed by atoms with Gasteiger partial charge in [-0.05, 0) is 43.5 Å². The van der Waals surface area contributed by atoms with Crippen LogP contribution >= 0.6 is 0 Å². The average molecular weight is 254 g/mol. The Morgan fingerprint density at radius 1 is 1.28 bits per heavy atom. The van der Waals surface area contributed by atoms with Crippen LogP contribution in [0.4, 0.5) is 14.5 Å². The fraction of sp³-hybridized carbons (Fsp3) is 0.571. The lowest BCUT2D eigenvalue weighted by Crippen LogP contribution is -2.35. The zero-order chi connectivity index (χ0) is 13.1. The summed E-state index contributed by atoms with van der Waals surface area (Å²) in [7, 11) is 3.45. The molecule has 1 saturated heterocycles. The largest absolute Gasteiger partial charge is 0.375 e. The molecule has 0 aromatic heterocycles. The van der Waals surface area contributed by atoms with Crippen LogP contribution in [0.25, 0.3) is 0 Å². The minimum Gasteiger partial charge on any atom is -0.375 e. The predicted molar refractivity (Wildman–Crippen MR) is 70.0 cm³/mol. The van der Waals surface area contributed by atoms with Crippen molar-refractivity contribution >= 4 is 5.69 Å². The predicted octanol–water partition coefficient (Wildman–Crippen LogP) is 2.72. The Hall–Kier alpha value is -1.16. The van der Waals surface area contributed by atoms with Crippen LogP contribution in [0.5, 0.6) is 0 Å². The normalized spacial score (nSPS) is 19.9. The summed E-state index contributed by atoms with van der Waals surface area (Å²) in [6.07, 6.45) is 4.29. The molecule has 1 atom stereocenters. The molecule has 0 amide bonds. The van der Waals surface area contributed by atoms with E-state index in [-0.39, 0.29) is 0 Å². The lowest BCUT2D eigenvalue weighted by molar-refractivity contribution is 0.398. The monoisotopic (exact) mass is 254 g/mol. The van der Waals surface area contributed by atoms with Crippen molar-refractivity contribution in [1.29, 1.82) is 0 Å². The zero-order valence-corrected chi connectivity index (χ0v) is 11.0. The average Bonchev–Trinajstić information content (AvgIpc) is 2.34. The number of halogens is 2. The van der Waals surface area contributed by atoms with Gasteiger partial charge in [0, 0.05) is 20.1 Å². The molecular weight excluding hydrogens is 234 g/mol. The van der Waals surface area contributed by atoms with E-state index in [4.69, 9.17) is 0 Å². The quantitative estimate of drug-likeness (QED) is 0.892. The lowest BCUT2D eigenvalue weighted by atomic mass is 9.97. The summed E-state index contributed by atoms with van der Waals surface area (Å²) in [5.74, 6) is -1.52. The summed E-state index contributed by atoms with van der Waals surface area (Å²) in [5.41, 5.74) is 1.18. The molecule has 2 nitrogen and oxygen atoms in total. The van der Waals surface area contributed by atoms with Crippen molar-refractivity contribution in [2.75, 3.05) is 25.5 Å². The maximum absolute atomic E-state index is 13.6. The van der Waals surface area contributed by atoms with Gasteiger partial charge in [-0.15, -0.1) is 0 Å². The molecule has 1 aromatic rings. The van der Waals surface area contributed by atoms with Gasteiger partial charge >= 0.3 is 0 Å². The summed E-state index contributed by atoms with van der Waals surface area (Å²) in [6.45, 7) is 1.02. The van der Waals surface area contributed by atoms with Gasteiger partial charge in [0.25, 0.3) is 0 Å². The Morgan fingerprint density at radius 2 is 2.06 bits per heavy atom. The molecule has 100 valence electrons. The first-order chi connectivity index (χ1) is 8.58. The standard InChI is InChI=1S/C14H20F2N2/c1-18(2)13-9-10(8-12(15)14(13)16)7-11-5-3-4-6-17-11/h8-9,11,17H,3-7H2,1-2H3. The Bertz CT molecular complexity index is 413. The van der Waals surface area contributed by atoms with Gasteiger partial charge in [0.2, 0.25) is 0 Å². The molecule has 0 spiro atoms. The number of nitrogens with one attached hydrogen (secondary N) is 1. The van der Waals surface area contributed by atoms with E-state index in [2.05, 4.69) is 5.32 Å². The van der Waals surface area contributed by atoms with Crippen LogP contribution < -0.4 is 10.2 Å². The molecule has 1 unspecified atom stereocenters. The highest BCUT2D eigenvalue weighted by molar-refractivity contribution is 5.49. The molecule has 1 heterocycles. The highest BCUT2D eigenvalue weighted by Gasteiger charge is 2.17.